The fourth-order valence-electron chi connectivity index (χ4n) is 0.833. The van der Waals surface area contributed by atoms with Gasteiger partial charge in [-0.05, 0) is 18.6 Å². The van der Waals surface area contributed by atoms with Crippen LogP contribution >= 0.6 is 45.8 Å². The second-order valence-electron chi connectivity index (χ2n) is 2.70. The lowest BCUT2D eigenvalue weighted by Crippen LogP contribution is -2.04. The van der Waals surface area contributed by atoms with E-state index in [1.165, 1.54) is 0 Å². The highest BCUT2D eigenvalue weighted by Gasteiger charge is 2.14. The molecule has 0 aliphatic rings. The molecule has 0 spiro atoms. The van der Waals surface area contributed by atoms with Crippen LogP contribution in [-0.4, -0.2) is 11.1 Å². The van der Waals surface area contributed by atoms with Gasteiger partial charge in [0.15, 0.2) is 0 Å². The van der Waals surface area contributed by atoms with Crippen LogP contribution in [0.1, 0.15) is 13.3 Å². The maximum atomic E-state index is 5.59. The van der Waals surface area contributed by atoms with Gasteiger partial charge in [0, 0.05) is 0 Å². The molecule has 0 aromatic heterocycles. The van der Waals surface area contributed by atoms with Crippen molar-refractivity contribution in [3.05, 3.63) is 0 Å². The van der Waals surface area contributed by atoms with Gasteiger partial charge >= 0.3 is 11.1 Å². The summed E-state index contributed by atoms with van der Waals surface area (Å²) in [5, 5.41) is 0. The number of hydrogen-bond acceptors (Lipinski definition) is 0. The molecular formula is C5H10B2Cl4. The van der Waals surface area contributed by atoms with Gasteiger partial charge in [0.1, 0.15) is 0 Å². The Bertz CT molecular complexity index is 98.5. The fraction of sp³-hybridized carbons (Fsp3) is 1.00. The van der Waals surface area contributed by atoms with Crippen LogP contribution < -0.4 is 0 Å². The largest absolute Gasteiger partial charge is 0.351 e. The summed E-state index contributed by atoms with van der Waals surface area (Å²) < 4.78 is 0. The van der Waals surface area contributed by atoms with E-state index in [1.807, 2.05) is 0 Å². The molecule has 0 nitrogen and oxygen atoms in total. The third-order valence-corrected chi connectivity index (χ3v) is 2.25. The van der Waals surface area contributed by atoms with Crippen LogP contribution in [-0.2, 0) is 0 Å². The summed E-state index contributed by atoms with van der Waals surface area (Å²) in [7, 11) is 0. The molecule has 6 heteroatoms. The Morgan fingerprint density at radius 3 is 2.00 bits per heavy atom. The third-order valence-electron chi connectivity index (χ3n) is 1.46. The van der Waals surface area contributed by atoms with Crippen molar-refractivity contribution in [3.8, 4) is 0 Å². The van der Waals surface area contributed by atoms with Crippen molar-refractivity contribution in [3.63, 3.8) is 0 Å². The summed E-state index contributed by atoms with van der Waals surface area (Å²) in [6.07, 6.45) is 2.60. The molecule has 0 N–H and O–H groups in total. The average molecular weight is 234 g/mol. The van der Waals surface area contributed by atoms with Crippen molar-refractivity contribution in [1.29, 1.82) is 0 Å². The summed E-state index contributed by atoms with van der Waals surface area (Å²) in [4.78, 5) is 0. The zero-order chi connectivity index (χ0) is 8.85. The van der Waals surface area contributed by atoms with Crippen molar-refractivity contribution in [1.82, 2.24) is 0 Å². The quantitative estimate of drug-likeness (QED) is 0.631. The monoisotopic (exact) mass is 232 g/mol. The lowest BCUT2D eigenvalue weighted by Gasteiger charge is -2.08. The zero-order valence-corrected chi connectivity index (χ0v) is 9.39. The van der Waals surface area contributed by atoms with E-state index in [1.54, 1.807) is 0 Å². The van der Waals surface area contributed by atoms with Gasteiger partial charge in [-0.25, -0.2) is 0 Å². The number of hydrogen-bond donors (Lipinski definition) is 0. The molecule has 1 unspecified atom stereocenters. The molecule has 0 rings (SSSR count). The lowest BCUT2D eigenvalue weighted by atomic mass is 9.83. The first-order valence-corrected chi connectivity index (χ1v) is 5.33. The van der Waals surface area contributed by atoms with Crippen molar-refractivity contribution in [2.75, 3.05) is 0 Å². The van der Waals surface area contributed by atoms with Gasteiger partial charge in [-0.2, -0.15) is 45.8 Å². The van der Waals surface area contributed by atoms with E-state index >= 15 is 0 Å². The van der Waals surface area contributed by atoms with E-state index in [4.69, 9.17) is 45.8 Å². The molecule has 0 saturated carbocycles. The van der Waals surface area contributed by atoms with E-state index < -0.39 is 0 Å². The maximum absolute atomic E-state index is 5.59. The van der Waals surface area contributed by atoms with Gasteiger partial charge in [0.2, 0.25) is 0 Å². The van der Waals surface area contributed by atoms with E-state index in [0.717, 1.165) is 19.1 Å². The highest BCUT2D eigenvalue weighted by atomic mass is 35.5. The molecule has 1 atom stereocenters. The minimum atomic E-state index is -0.269. The summed E-state index contributed by atoms with van der Waals surface area (Å²) in [6, 6.07) is 0. The van der Waals surface area contributed by atoms with Gasteiger partial charge in [0.05, 0.1) is 0 Å². The molecule has 0 aromatic rings. The maximum Gasteiger partial charge on any atom is 0.351 e. The normalized spacial score (nSPS) is 12.8. The Balaban J connectivity index is 3.29. The van der Waals surface area contributed by atoms with Crippen LogP contribution in [0.5, 0.6) is 0 Å². The molecule has 0 saturated heterocycles. The molecule has 0 bridgehead atoms. The Labute approximate surface area is 88.7 Å². The molecule has 0 radical (unpaired) electrons. The van der Waals surface area contributed by atoms with Crippen LogP contribution in [0.2, 0.25) is 12.6 Å². The molecule has 0 aromatic carbocycles. The van der Waals surface area contributed by atoms with E-state index in [9.17, 15) is 0 Å². The van der Waals surface area contributed by atoms with Gasteiger partial charge in [-0.3, -0.25) is 0 Å². The first-order valence-electron chi connectivity index (χ1n) is 3.58. The molecule has 0 fully saturated rings. The minimum absolute atomic E-state index is 0.262. The number of halogens is 4. The Kier molecular flexibility index (Phi) is 7.56. The van der Waals surface area contributed by atoms with Crippen molar-refractivity contribution in [2.45, 2.75) is 26.0 Å². The van der Waals surface area contributed by atoms with Crippen LogP contribution in [0, 0.1) is 5.92 Å². The predicted octanol–water partition coefficient (Wildman–Crippen LogP) is 3.94. The lowest BCUT2D eigenvalue weighted by molar-refractivity contribution is 0.622. The molecular weight excluding hydrogens is 223 g/mol. The second kappa shape index (κ2) is 6.77. The summed E-state index contributed by atoms with van der Waals surface area (Å²) in [6.45, 7) is 2.09. The van der Waals surface area contributed by atoms with E-state index in [2.05, 4.69) is 6.92 Å². The highest BCUT2D eigenvalue weighted by molar-refractivity contribution is 7.34. The van der Waals surface area contributed by atoms with Gasteiger partial charge in [-0.15, -0.1) is 0 Å². The molecule has 11 heavy (non-hydrogen) atoms. The highest BCUT2D eigenvalue weighted by Crippen LogP contribution is 2.20. The Hall–Kier alpha value is 1.29. The summed E-state index contributed by atoms with van der Waals surface area (Å²) in [5.74, 6) is 0.495. The van der Waals surface area contributed by atoms with Gasteiger partial charge in [-0.1, -0.05) is 13.3 Å². The zero-order valence-electron chi connectivity index (χ0n) is 6.37. The van der Waals surface area contributed by atoms with Crippen molar-refractivity contribution in [2.24, 2.45) is 5.92 Å². The smallest absolute Gasteiger partial charge is 0.172 e. The number of rotatable bonds is 5. The van der Waals surface area contributed by atoms with Crippen molar-refractivity contribution >= 4 is 56.9 Å². The van der Waals surface area contributed by atoms with Gasteiger partial charge in [0.25, 0.3) is 0 Å². The molecule has 0 amide bonds. The second-order valence-corrected chi connectivity index (χ2v) is 5.25. The molecule has 64 valence electrons. The predicted molar refractivity (Wildman–Crippen MR) is 58.3 cm³/mol. The topological polar surface area (TPSA) is 0 Å². The van der Waals surface area contributed by atoms with Crippen LogP contribution in [0.3, 0.4) is 0 Å². The van der Waals surface area contributed by atoms with E-state index in [-0.39, 0.29) is 11.1 Å². The van der Waals surface area contributed by atoms with Crippen LogP contribution in [0.15, 0.2) is 0 Å². The first kappa shape index (κ1) is 12.3. The van der Waals surface area contributed by atoms with Gasteiger partial charge < -0.3 is 0 Å². The first-order chi connectivity index (χ1) is 5.02. The SMILES string of the molecule is CC(CCB(Cl)Cl)CB(Cl)Cl. The fourth-order valence-corrected chi connectivity index (χ4v) is 1.69. The standard InChI is InChI=1S/C5H10B2Cl4/c1-5(4-7(10)11)2-3-6(8)9/h5H,2-4H2,1H3. The van der Waals surface area contributed by atoms with E-state index in [0.29, 0.717) is 5.92 Å². The Morgan fingerprint density at radius 2 is 1.64 bits per heavy atom. The minimum Gasteiger partial charge on any atom is -0.172 e. The van der Waals surface area contributed by atoms with Crippen molar-refractivity contribution < 1.29 is 0 Å². The summed E-state index contributed by atoms with van der Waals surface area (Å²) in [5.41, 5.74) is -0.532. The molecule has 0 aliphatic heterocycles. The van der Waals surface area contributed by atoms with Crippen LogP contribution in [0.4, 0.5) is 0 Å². The molecule has 0 heterocycles. The molecule has 0 aliphatic carbocycles. The third kappa shape index (κ3) is 9.20. The average Bonchev–Trinajstić information content (AvgIpc) is 1.82. The van der Waals surface area contributed by atoms with Crippen LogP contribution in [0.25, 0.3) is 0 Å². The summed E-state index contributed by atoms with van der Waals surface area (Å²) >= 11 is 22.3. The Morgan fingerprint density at radius 1 is 1.09 bits per heavy atom.